The first-order chi connectivity index (χ1) is 4.29. The smallest absolute Gasteiger partial charge is 0.113 e. The fourth-order valence-corrected chi connectivity index (χ4v) is 1.27. The minimum atomic E-state index is -0.572. The molecule has 1 nitrogen and oxygen atoms in total. The van der Waals surface area contributed by atoms with Gasteiger partial charge in [-0.1, -0.05) is 0 Å². The van der Waals surface area contributed by atoms with Crippen LogP contribution in [0.4, 0.5) is 4.39 Å². The highest BCUT2D eigenvalue weighted by Crippen LogP contribution is 2.11. The van der Waals surface area contributed by atoms with E-state index in [2.05, 4.69) is 4.90 Å². The van der Waals surface area contributed by atoms with Gasteiger partial charge >= 0.3 is 0 Å². The summed E-state index contributed by atoms with van der Waals surface area (Å²) in [4.78, 5) is 2.07. The molecule has 2 heteroatoms. The second-order valence-corrected chi connectivity index (χ2v) is 2.86. The summed E-state index contributed by atoms with van der Waals surface area (Å²) < 4.78 is 12.7. The molecule has 0 amide bonds. The lowest BCUT2D eigenvalue weighted by atomic mass is 10.2. The van der Waals surface area contributed by atoms with E-state index in [9.17, 15) is 4.39 Å². The maximum Gasteiger partial charge on any atom is 0.113 e. The number of hydrogen-bond acceptors (Lipinski definition) is 1. The van der Waals surface area contributed by atoms with Crippen molar-refractivity contribution in [1.82, 2.24) is 4.90 Å². The molecule has 54 valence electrons. The van der Waals surface area contributed by atoms with E-state index in [1.807, 2.05) is 7.05 Å². The van der Waals surface area contributed by atoms with Crippen molar-refractivity contribution in [1.29, 1.82) is 0 Å². The third-order valence-electron chi connectivity index (χ3n) is 1.82. The fraction of sp³-hybridized carbons (Fsp3) is 1.00. The van der Waals surface area contributed by atoms with Crippen LogP contribution in [0.2, 0.25) is 0 Å². The standard InChI is InChI=1S/C7H14FN/c1-9-5-3-2-4-7(8)6-9/h7H,2-6H2,1H3/t7-/m0/s1. The third-order valence-corrected chi connectivity index (χ3v) is 1.82. The Hall–Kier alpha value is -0.110. The molecule has 1 heterocycles. The van der Waals surface area contributed by atoms with E-state index in [0.29, 0.717) is 6.54 Å². The summed E-state index contributed by atoms with van der Waals surface area (Å²) >= 11 is 0. The van der Waals surface area contributed by atoms with Crippen LogP contribution in [-0.4, -0.2) is 31.2 Å². The average molecular weight is 131 g/mol. The molecule has 0 aromatic heterocycles. The predicted molar refractivity (Wildman–Crippen MR) is 36.2 cm³/mol. The van der Waals surface area contributed by atoms with E-state index >= 15 is 0 Å². The summed E-state index contributed by atoms with van der Waals surface area (Å²) in [5.74, 6) is 0. The first-order valence-electron chi connectivity index (χ1n) is 3.61. The summed E-state index contributed by atoms with van der Waals surface area (Å²) in [7, 11) is 1.98. The van der Waals surface area contributed by atoms with Gasteiger partial charge in [0.1, 0.15) is 6.17 Å². The van der Waals surface area contributed by atoms with Gasteiger partial charge < -0.3 is 4.90 Å². The van der Waals surface area contributed by atoms with Crippen molar-refractivity contribution in [2.45, 2.75) is 25.4 Å². The predicted octanol–water partition coefficient (Wildman–Crippen LogP) is 1.44. The number of halogens is 1. The molecule has 0 saturated carbocycles. The molecular formula is C7H14FN. The monoisotopic (exact) mass is 131 g/mol. The van der Waals surface area contributed by atoms with Gasteiger partial charge in [0.25, 0.3) is 0 Å². The number of alkyl halides is 1. The summed E-state index contributed by atoms with van der Waals surface area (Å²) in [5, 5.41) is 0. The van der Waals surface area contributed by atoms with Gasteiger partial charge in [-0.15, -0.1) is 0 Å². The second kappa shape index (κ2) is 3.16. The minimum Gasteiger partial charge on any atom is -0.303 e. The van der Waals surface area contributed by atoms with Crippen LogP contribution in [0, 0.1) is 0 Å². The van der Waals surface area contributed by atoms with Crippen LogP contribution in [0.25, 0.3) is 0 Å². The lowest BCUT2D eigenvalue weighted by molar-refractivity contribution is 0.237. The molecule has 1 fully saturated rings. The van der Waals surface area contributed by atoms with Gasteiger partial charge in [-0.05, 0) is 32.9 Å². The Balaban J connectivity index is 2.29. The molecule has 1 aliphatic rings. The zero-order valence-corrected chi connectivity index (χ0v) is 5.94. The quantitative estimate of drug-likeness (QED) is 0.481. The topological polar surface area (TPSA) is 3.24 Å². The molecule has 1 rings (SSSR count). The summed E-state index contributed by atoms with van der Waals surface area (Å²) in [6.07, 6.45) is 2.42. The van der Waals surface area contributed by atoms with Crippen LogP contribution < -0.4 is 0 Å². The first kappa shape index (κ1) is 7.00. The van der Waals surface area contributed by atoms with E-state index in [1.165, 1.54) is 0 Å². The molecule has 0 aromatic carbocycles. The molecule has 0 spiro atoms. The molecular weight excluding hydrogens is 117 g/mol. The molecule has 1 aliphatic heterocycles. The van der Waals surface area contributed by atoms with Crippen molar-refractivity contribution in [2.75, 3.05) is 20.1 Å². The molecule has 9 heavy (non-hydrogen) atoms. The molecule has 0 aromatic rings. The number of likely N-dealkylation sites (tertiary alicyclic amines) is 1. The summed E-state index contributed by atoms with van der Waals surface area (Å²) in [6, 6.07) is 0. The summed E-state index contributed by atoms with van der Waals surface area (Å²) in [6.45, 7) is 1.71. The normalized spacial score (nSPS) is 32.0. The Bertz CT molecular complexity index is 75.0. The van der Waals surface area contributed by atoms with Gasteiger partial charge in [0.05, 0.1) is 0 Å². The van der Waals surface area contributed by atoms with Crippen molar-refractivity contribution in [3.63, 3.8) is 0 Å². The van der Waals surface area contributed by atoms with Gasteiger partial charge in [0.15, 0.2) is 0 Å². The minimum absolute atomic E-state index is 0.572. The lowest BCUT2D eigenvalue weighted by Gasteiger charge is -2.13. The second-order valence-electron chi connectivity index (χ2n) is 2.86. The van der Waals surface area contributed by atoms with Crippen LogP contribution >= 0.6 is 0 Å². The van der Waals surface area contributed by atoms with Crippen LogP contribution in [0.1, 0.15) is 19.3 Å². The Morgan fingerprint density at radius 2 is 2.22 bits per heavy atom. The number of nitrogens with zero attached hydrogens (tertiary/aromatic N) is 1. The van der Waals surface area contributed by atoms with Crippen LogP contribution in [-0.2, 0) is 0 Å². The Kier molecular flexibility index (Phi) is 2.46. The molecule has 0 unspecified atom stereocenters. The van der Waals surface area contributed by atoms with E-state index in [4.69, 9.17) is 0 Å². The Morgan fingerprint density at radius 1 is 1.44 bits per heavy atom. The van der Waals surface area contributed by atoms with Crippen LogP contribution in [0.3, 0.4) is 0 Å². The zero-order valence-electron chi connectivity index (χ0n) is 5.94. The van der Waals surface area contributed by atoms with Gasteiger partial charge in [0, 0.05) is 6.54 Å². The van der Waals surface area contributed by atoms with Crippen LogP contribution in [0.15, 0.2) is 0 Å². The van der Waals surface area contributed by atoms with E-state index in [-0.39, 0.29) is 0 Å². The first-order valence-corrected chi connectivity index (χ1v) is 3.61. The van der Waals surface area contributed by atoms with Crippen molar-refractivity contribution >= 4 is 0 Å². The Labute approximate surface area is 55.8 Å². The lowest BCUT2D eigenvalue weighted by Crippen LogP contribution is -2.24. The van der Waals surface area contributed by atoms with Crippen LogP contribution in [0.5, 0.6) is 0 Å². The van der Waals surface area contributed by atoms with Gasteiger partial charge in [-0.25, -0.2) is 4.39 Å². The van der Waals surface area contributed by atoms with Gasteiger partial charge in [0.2, 0.25) is 0 Å². The molecule has 1 atom stereocenters. The molecule has 0 radical (unpaired) electrons. The molecule has 0 N–H and O–H groups in total. The average Bonchev–Trinajstić information content (AvgIpc) is 1.93. The maximum atomic E-state index is 12.7. The molecule has 0 aliphatic carbocycles. The van der Waals surface area contributed by atoms with E-state index in [0.717, 1.165) is 25.8 Å². The van der Waals surface area contributed by atoms with Crippen molar-refractivity contribution < 1.29 is 4.39 Å². The third kappa shape index (κ3) is 2.31. The molecule has 1 saturated heterocycles. The highest BCUT2D eigenvalue weighted by atomic mass is 19.1. The number of hydrogen-bond donors (Lipinski definition) is 0. The highest BCUT2D eigenvalue weighted by molar-refractivity contribution is 4.66. The highest BCUT2D eigenvalue weighted by Gasteiger charge is 2.12. The summed E-state index contributed by atoms with van der Waals surface area (Å²) in [5.41, 5.74) is 0. The van der Waals surface area contributed by atoms with E-state index in [1.54, 1.807) is 0 Å². The van der Waals surface area contributed by atoms with E-state index < -0.39 is 6.17 Å². The zero-order chi connectivity index (χ0) is 6.69. The fourth-order valence-electron chi connectivity index (χ4n) is 1.27. The van der Waals surface area contributed by atoms with Crippen molar-refractivity contribution in [3.8, 4) is 0 Å². The van der Waals surface area contributed by atoms with Crippen molar-refractivity contribution in [3.05, 3.63) is 0 Å². The van der Waals surface area contributed by atoms with Gasteiger partial charge in [-0.2, -0.15) is 0 Å². The largest absolute Gasteiger partial charge is 0.303 e. The SMILES string of the molecule is CN1CCCC[C@H](F)C1. The maximum absolute atomic E-state index is 12.7. The Morgan fingerprint density at radius 3 is 3.00 bits per heavy atom. The van der Waals surface area contributed by atoms with Gasteiger partial charge in [-0.3, -0.25) is 0 Å². The number of rotatable bonds is 0. The molecule has 0 bridgehead atoms. The van der Waals surface area contributed by atoms with Crippen molar-refractivity contribution in [2.24, 2.45) is 0 Å².